The van der Waals surface area contributed by atoms with Gasteiger partial charge in [0.1, 0.15) is 0 Å². The molecule has 0 aliphatic carbocycles. The molecule has 0 saturated carbocycles. The second-order valence-electron chi connectivity index (χ2n) is 4.79. The van der Waals surface area contributed by atoms with Crippen LogP contribution in [0.1, 0.15) is 23.2 Å². The largest absolute Gasteiger partial charge is 0.393 e. The molecule has 1 amide bonds. The average molecular weight is 371 g/mol. The molecular weight excluding hydrogens is 358 g/mol. The minimum absolute atomic E-state index is 0.0759. The Hall–Kier alpha value is -0.750. The number of carbonyl (C=O) groups excluding carboxylic acids is 1. The number of alkyl halides is 3. The monoisotopic (exact) mass is 369 g/mol. The molecule has 1 saturated heterocycles. The summed E-state index contributed by atoms with van der Waals surface area (Å²) in [5.41, 5.74) is 0.298. The Labute approximate surface area is 128 Å². The highest BCUT2D eigenvalue weighted by atomic mass is 79.9. The zero-order chi connectivity index (χ0) is 14.9. The van der Waals surface area contributed by atoms with E-state index in [-0.39, 0.29) is 13.0 Å². The van der Waals surface area contributed by atoms with Crippen molar-refractivity contribution >= 4 is 33.4 Å². The smallest absolute Gasteiger partial charge is 0.338 e. The molecule has 20 heavy (non-hydrogen) atoms. The van der Waals surface area contributed by atoms with Gasteiger partial charge in [0.2, 0.25) is 0 Å². The first-order valence-electron chi connectivity index (χ1n) is 6.09. The number of piperidine rings is 1. The summed E-state index contributed by atoms with van der Waals surface area (Å²) in [6.45, 7) is 0.0576. The van der Waals surface area contributed by atoms with Gasteiger partial charge in [-0.1, -0.05) is 27.5 Å². The number of carbonyl (C=O) groups is 1. The van der Waals surface area contributed by atoms with E-state index in [4.69, 9.17) is 11.6 Å². The number of halogens is 5. The number of hydrogen-bond acceptors (Lipinski definition) is 1. The minimum Gasteiger partial charge on any atom is -0.338 e. The number of nitrogens with zero attached hydrogens (tertiary/aromatic N) is 1. The highest BCUT2D eigenvalue weighted by molar-refractivity contribution is 9.10. The summed E-state index contributed by atoms with van der Waals surface area (Å²) in [5, 5.41) is 0.368. The molecule has 0 N–H and O–H groups in total. The summed E-state index contributed by atoms with van der Waals surface area (Å²) in [4.78, 5) is 13.5. The van der Waals surface area contributed by atoms with Gasteiger partial charge in [-0.15, -0.1) is 0 Å². The molecule has 1 fully saturated rings. The van der Waals surface area contributed by atoms with Crippen LogP contribution in [0, 0.1) is 5.92 Å². The van der Waals surface area contributed by atoms with Crippen molar-refractivity contribution in [2.75, 3.05) is 13.1 Å². The fraction of sp³-hybridized carbons (Fsp3) is 0.462. The van der Waals surface area contributed by atoms with Crippen LogP contribution in [-0.2, 0) is 0 Å². The zero-order valence-corrected chi connectivity index (χ0v) is 12.7. The molecule has 1 unspecified atom stereocenters. The van der Waals surface area contributed by atoms with E-state index in [1.54, 1.807) is 12.1 Å². The van der Waals surface area contributed by atoms with E-state index in [1.165, 1.54) is 11.0 Å². The molecule has 2 rings (SSSR count). The maximum absolute atomic E-state index is 12.7. The maximum Gasteiger partial charge on any atom is 0.393 e. The second-order valence-corrected chi connectivity index (χ2v) is 6.14. The minimum atomic E-state index is -4.26. The van der Waals surface area contributed by atoms with Crippen molar-refractivity contribution in [3.8, 4) is 0 Å². The number of amides is 1. The van der Waals surface area contributed by atoms with Crippen molar-refractivity contribution in [2.45, 2.75) is 19.0 Å². The van der Waals surface area contributed by atoms with Crippen molar-refractivity contribution in [3.63, 3.8) is 0 Å². The third kappa shape index (κ3) is 3.67. The molecule has 0 aromatic heterocycles. The van der Waals surface area contributed by atoms with Crippen molar-refractivity contribution in [2.24, 2.45) is 5.92 Å². The van der Waals surface area contributed by atoms with Crippen molar-refractivity contribution < 1.29 is 18.0 Å². The maximum atomic E-state index is 12.7. The number of hydrogen-bond donors (Lipinski definition) is 0. The molecule has 110 valence electrons. The fourth-order valence-corrected chi connectivity index (χ4v) is 3.15. The Kier molecular flexibility index (Phi) is 4.64. The third-order valence-electron chi connectivity index (χ3n) is 3.28. The molecule has 1 heterocycles. The first-order valence-corrected chi connectivity index (χ1v) is 7.26. The Morgan fingerprint density at radius 3 is 2.65 bits per heavy atom. The van der Waals surface area contributed by atoms with Crippen LogP contribution in [-0.4, -0.2) is 30.1 Å². The molecule has 0 radical (unpaired) electrons. The normalized spacial score (nSPS) is 20.1. The Morgan fingerprint density at radius 1 is 1.35 bits per heavy atom. The van der Waals surface area contributed by atoms with E-state index in [9.17, 15) is 18.0 Å². The average Bonchev–Trinajstić information content (AvgIpc) is 2.36. The van der Waals surface area contributed by atoms with Gasteiger partial charge in [0.05, 0.1) is 5.92 Å². The van der Waals surface area contributed by atoms with Gasteiger partial charge in [0, 0.05) is 28.1 Å². The molecule has 1 aliphatic heterocycles. The van der Waals surface area contributed by atoms with Gasteiger partial charge >= 0.3 is 6.18 Å². The van der Waals surface area contributed by atoms with Crippen LogP contribution in [0.3, 0.4) is 0 Å². The van der Waals surface area contributed by atoms with Gasteiger partial charge in [0.15, 0.2) is 0 Å². The molecule has 7 heteroatoms. The number of rotatable bonds is 1. The van der Waals surface area contributed by atoms with Gasteiger partial charge in [0.25, 0.3) is 5.91 Å². The first-order chi connectivity index (χ1) is 9.27. The molecule has 2 nitrogen and oxygen atoms in total. The summed E-state index contributed by atoms with van der Waals surface area (Å²) < 4.78 is 38.8. The van der Waals surface area contributed by atoms with Crippen LogP contribution in [0.2, 0.25) is 5.02 Å². The highest BCUT2D eigenvalue weighted by Crippen LogP contribution is 2.33. The van der Waals surface area contributed by atoms with Crippen LogP contribution in [0.5, 0.6) is 0 Å². The lowest BCUT2D eigenvalue weighted by molar-refractivity contribution is -0.184. The van der Waals surface area contributed by atoms with Crippen LogP contribution in [0.25, 0.3) is 0 Å². The van der Waals surface area contributed by atoms with Crippen molar-refractivity contribution in [1.82, 2.24) is 4.90 Å². The van der Waals surface area contributed by atoms with Gasteiger partial charge < -0.3 is 4.90 Å². The van der Waals surface area contributed by atoms with Crippen LogP contribution >= 0.6 is 27.5 Å². The van der Waals surface area contributed by atoms with Crippen LogP contribution < -0.4 is 0 Å². The van der Waals surface area contributed by atoms with Gasteiger partial charge in [-0.05, 0) is 31.0 Å². The highest BCUT2D eigenvalue weighted by Gasteiger charge is 2.42. The van der Waals surface area contributed by atoms with E-state index < -0.39 is 18.0 Å². The summed E-state index contributed by atoms with van der Waals surface area (Å²) in [7, 11) is 0. The van der Waals surface area contributed by atoms with E-state index >= 15 is 0 Å². The molecular formula is C13H12BrClF3NO. The first kappa shape index (κ1) is 15.6. The zero-order valence-electron chi connectivity index (χ0n) is 10.4. The summed E-state index contributed by atoms with van der Waals surface area (Å²) in [6, 6.07) is 4.64. The molecule has 0 bridgehead atoms. The van der Waals surface area contributed by atoms with Gasteiger partial charge in [-0.3, -0.25) is 4.79 Å². The Bertz CT molecular complexity index is 501. The molecule has 1 atom stereocenters. The van der Waals surface area contributed by atoms with Crippen LogP contribution in [0.15, 0.2) is 22.7 Å². The SMILES string of the molecule is O=C(c1cc(Cl)cc(Br)c1)N1CCCC(C(F)(F)F)C1. The van der Waals surface area contributed by atoms with E-state index in [2.05, 4.69) is 15.9 Å². The lowest BCUT2D eigenvalue weighted by Gasteiger charge is -2.33. The topological polar surface area (TPSA) is 20.3 Å². The quantitative estimate of drug-likeness (QED) is 0.712. The van der Waals surface area contributed by atoms with Crippen LogP contribution in [0.4, 0.5) is 13.2 Å². The van der Waals surface area contributed by atoms with E-state index in [0.717, 1.165) is 0 Å². The molecule has 1 aromatic rings. The number of benzene rings is 1. The predicted molar refractivity (Wildman–Crippen MR) is 73.8 cm³/mol. The van der Waals surface area contributed by atoms with Crippen molar-refractivity contribution in [3.05, 3.63) is 33.3 Å². The molecule has 1 aliphatic rings. The lowest BCUT2D eigenvalue weighted by atomic mass is 9.97. The van der Waals surface area contributed by atoms with E-state index in [1.807, 2.05) is 0 Å². The summed E-state index contributed by atoms with van der Waals surface area (Å²) in [6.07, 6.45) is -3.82. The van der Waals surface area contributed by atoms with E-state index in [0.29, 0.717) is 28.0 Å². The van der Waals surface area contributed by atoms with Gasteiger partial charge in [-0.25, -0.2) is 0 Å². The Morgan fingerprint density at radius 2 is 2.05 bits per heavy atom. The summed E-state index contributed by atoms with van der Waals surface area (Å²) in [5.74, 6) is -1.86. The van der Waals surface area contributed by atoms with Gasteiger partial charge in [-0.2, -0.15) is 13.2 Å². The molecule has 0 spiro atoms. The summed E-state index contributed by atoms with van der Waals surface area (Å²) >= 11 is 9.07. The number of likely N-dealkylation sites (tertiary alicyclic amines) is 1. The standard InChI is InChI=1S/C13H12BrClF3NO/c14-10-4-8(5-11(15)6-10)12(20)19-3-1-2-9(7-19)13(16,17)18/h4-6,9H,1-3,7H2. The fourth-order valence-electron chi connectivity index (χ4n) is 2.29. The molecule has 1 aromatic carbocycles. The lowest BCUT2D eigenvalue weighted by Crippen LogP contribution is -2.44. The predicted octanol–water partition coefficient (Wildman–Crippen LogP) is 4.52. The Balaban J connectivity index is 2.16. The second kappa shape index (κ2) is 5.93. The van der Waals surface area contributed by atoms with Crippen molar-refractivity contribution in [1.29, 1.82) is 0 Å². The third-order valence-corrected chi connectivity index (χ3v) is 3.96.